The zero-order valence-electron chi connectivity index (χ0n) is 16.2. The Morgan fingerprint density at radius 3 is 2.46 bits per heavy atom. The van der Waals surface area contributed by atoms with Crippen molar-refractivity contribution in [1.82, 2.24) is 5.32 Å². The maximum Gasteiger partial charge on any atom is 0.312 e. The lowest BCUT2D eigenvalue weighted by atomic mass is 9.48. The second-order valence-corrected chi connectivity index (χ2v) is 9.18. The Morgan fingerprint density at radius 1 is 1.21 bits per heavy atom. The molecule has 2 N–H and O–H groups in total. The highest BCUT2D eigenvalue weighted by molar-refractivity contribution is 5.85. The number of benzene rings is 1. The van der Waals surface area contributed by atoms with Crippen LogP contribution >= 0.6 is 0 Å². The van der Waals surface area contributed by atoms with E-state index in [1.807, 2.05) is 0 Å². The molecule has 4 aliphatic rings. The van der Waals surface area contributed by atoms with Crippen molar-refractivity contribution in [3.63, 3.8) is 0 Å². The summed E-state index contributed by atoms with van der Waals surface area (Å²) in [6, 6.07) is 6.15. The van der Waals surface area contributed by atoms with Gasteiger partial charge >= 0.3 is 5.97 Å². The Hall–Kier alpha value is -1.95. The summed E-state index contributed by atoms with van der Waals surface area (Å²) in [5, 5.41) is 13.6. The number of esters is 1. The number of carbonyl (C=O) groups is 2. The highest BCUT2D eigenvalue weighted by atomic mass is 19.1. The maximum atomic E-state index is 12.9. The molecule has 0 aliphatic heterocycles. The second kappa shape index (κ2) is 7.14. The van der Waals surface area contributed by atoms with Gasteiger partial charge in [-0.2, -0.15) is 0 Å². The van der Waals surface area contributed by atoms with Gasteiger partial charge in [0, 0.05) is 6.54 Å². The summed E-state index contributed by atoms with van der Waals surface area (Å²) in [6.45, 7) is 1.97. The van der Waals surface area contributed by atoms with Crippen molar-refractivity contribution in [2.75, 3.05) is 6.54 Å². The van der Waals surface area contributed by atoms with Crippen LogP contribution in [0.5, 0.6) is 0 Å². The number of rotatable bonds is 6. The molecule has 5 atom stereocenters. The molecular formula is C22H28FNO4. The van der Waals surface area contributed by atoms with E-state index in [1.165, 1.54) is 12.1 Å². The Labute approximate surface area is 164 Å². The van der Waals surface area contributed by atoms with Gasteiger partial charge in [-0.1, -0.05) is 12.1 Å². The number of ether oxygens (including phenoxy) is 1. The molecule has 152 valence electrons. The van der Waals surface area contributed by atoms with Gasteiger partial charge in [-0.05, 0) is 81.4 Å². The molecule has 0 spiro atoms. The normalized spacial score (nSPS) is 34.1. The third kappa shape index (κ3) is 3.79. The van der Waals surface area contributed by atoms with E-state index in [9.17, 15) is 19.1 Å². The summed E-state index contributed by atoms with van der Waals surface area (Å²) < 4.78 is 18.5. The SMILES string of the molecule is C[C@@H](OC(=O)C12C[C@@H]3C[C@@H](CC(O)(C3)C1)C2)C(=O)NCCc1ccc(F)cc1. The lowest BCUT2D eigenvalue weighted by molar-refractivity contribution is -0.200. The van der Waals surface area contributed by atoms with Crippen molar-refractivity contribution in [3.8, 4) is 0 Å². The zero-order chi connectivity index (χ0) is 19.9. The number of halogens is 1. The van der Waals surface area contributed by atoms with Crippen LogP contribution in [0.4, 0.5) is 4.39 Å². The number of hydrogen-bond donors (Lipinski definition) is 2. The highest BCUT2D eigenvalue weighted by Crippen LogP contribution is 2.62. The van der Waals surface area contributed by atoms with Crippen LogP contribution in [0.3, 0.4) is 0 Å². The maximum absolute atomic E-state index is 12.9. The fourth-order valence-electron chi connectivity index (χ4n) is 5.92. The van der Waals surface area contributed by atoms with E-state index in [2.05, 4.69) is 5.32 Å². The van der Waals surface area contributed by atoms with Crippen LogP contribution in [0, 0.1) is 23.1 Å². The molecule has 0 saturated heterocycles. The quantitative estimate of drug-likeness (QED) is 0.734. The molecule has 0 heterocycles. The van der Waals surface area contributed by atoms with Gasteiger partial charge in [-0.15, -0.1) is 0 Å². The molecule has 6 heteroatoms. The lowest BCUT2D eigenvalue weighted by Gasteiger charge is -2.58. The molecule has 4 aliphatic carbocycles. The van der Waals surface area contributed by atoms with Gasteiger partial charge in [0.05, 0.1) is 11.0 Å². The molecule has 5 nitrogen and oxygen atoms in total. The van der Waals surface area contributed by atoms with E-state index >= 15 is 0 Å². The first-order chi connectivity index (χ1) is 13.3. The van der Waals surface area contributed by atoms with Crippen LogP contribution in [0.1, 0.15) is 51.0 Å². The van der Waals surface area contributed by atoms with Crippen LogP contribution in [0.15, 0.2) is 24.3 Å². The van der Waals surface area contributed by atoms with Crippen LogP contribution < -0.4 is 5.32 Å². The Kier molecular flexibility index (Phi) is 4.94. The average Bonchev–Trinajstić information content (AvgIpc) is 2.61. The largest absolute Gasteiger partial charge is 0.452 e. The van der Waals surface area contributed by atoms with Gasteiger partial charge in [-0.25, -0.2) is 4.39 Å². The van der Waals surface area contributed by atoms with Crippen LogP contribution in [-0.2, 0) is 20.7 Å². The topological polar surface area (TPSA) is 75.6 Å². The number of hydrogen-bond acceptors (Lipinski definition) is 4. The molecule has 1 amide bonds. The first kappa shape index (κ1) is 19.4. The van der Waals surface area contributed by atoms with Gasteiger partial charge in [0.2, 0.25) is 0 Å². The van der Waals surface area contributed by atoms with Crippen molar-refractivity contribution < 1.29 is 23.8 Å². The van der Waals surface area contributed by atoms with E-state index in [1.54, 1.807) is 19.1 Å². The third-order valence-corrected chi connectivity index (χ3v) is 6.74. The van der Waals surface area contributed by atoms with E-state index in [4.69, 9.17) is 4.74 Å². The molecule has 2 unspecified atom stereocenters. The van der Waals surface area contributed by atoms with Crippen molar-refractivity contribution >= 4 is 11.9 Å². The molecule has 4 bridgehead atoms. The average molecular weight is 389 g/mol. The number of amides is 1. The second-order valence-electron chi connectivity index (χ2n) is 9.18. The fourth-order valence-corrected chi connectivity index (χ4v) is 5.92. The minimum absolute atomic E-state index is 0.289. The number of aliphatic hydroxyl groups is 1. The van der Waals surface area contributed by atoms with E-state index < -0.39 is 17.1 Å². The van der Waals surface area contributed by atoms with Crippen LogP contribution in [0.25, 0.3) is 0 Å². The van der Waals surface area contributed by atoms with Crippen molar-refractivity contribution in [1.29, 1.82) is 0 Å². The van der Waals surface area contributed by atoms with Crippen molar-refractivity contribution in [2.45, 2.75) is 63.6 Å². The summed E-state index contributed by atoms with van der Waals surface area (Å²) in [4.78, 5) is 25.2. The summed E-state index contributed by atoms with van der Waals surface area (Å²) in [6.07, 6.45) is 4.38. The van der Waals surface area contributed by atoms with Crippen molar-refractivity contribution in [2.24, 2.45) is 17.3 Å². The summed E-state index contributed by atoms with van der Waals surface area (Å²) in [5.74, 6) is -0.181. The van der Waals surface area contributed by atoms with Gasteiger partial charge in [0.1, 0.15) is 5.82 Å². The van der Waals surface area contributed by atoms with Crippen LogP contribution in [0.2, 0.25) is 0 Å². The minimum Gasteiger partial charge on any atom is -0.452 e. The number of nitrogens with one attached hydrogen (secondary N) is 1. The fraction of sp³-hybridized carbons (Fsp3) is 0.636. The summed E-state index contributed by atoms with van der Waals surface area (Å²) in [5.41, 5.74) is -0.432. The predicted octanol–water partition coefficient (Wildman–Crippen LogP) is 2.75. The number of carbonyl (C=O) groups excluding carboxylic acids is 2. The molecule has 5 rings (SSSR count). The van der Waals surface area contributed by atoms with Gasteiger partial charge in [0.25, 0.3) is 5.91 Å². The highest BCUT2D eigenvalue weighted by Gasteiger charge is 2.61. The van der Waals surface area contributed by atoms with E-state index in [0.29, 0.717) is 31.2 Å². The van der Waals surface area contributed by atoms with E-state index in [0.717, 1.165) is 37.7 Å². The molecular weight excluding hydrogens is 361 g/mol. The third-order valence-electron chi connectivity index (χ3n) is 6.74. The molecule has 4 saturated carbocycles. The first-order valence-electron chi connectivity index (χ1n) is 10.2. The molecule has 28 heavy (non-hydrogen) atoms. The smallest absolute Gasteiger partial charge is 0.312 e. The first-order valence-corrected chi connectivity index (χ1v) is 10.2. The summed E-state index contributed by atoms with van der Waals surface area (Å²) >= 11 is 0. The zero-order valence-corrected chi connectivity index (χ0v) is 16.2. The minimum atomic E-state index is -0.872. The predicted molar refractivity (Wildman–Crippen MR) is 101 cm³/mol. The molecule has 4 fully saturated rings. The molecule has 1 aromatic carbocycles. The lowest BCUT2D eigenvalue weighted by Crippen LogP contribution is -2.59. The molecule has 1 aromatic rings. The standard InChI is InChI=1S/C22H28FNO4/c1-14(19(25)24-7-6-15-2-4-18(23)5-3-15)28-20(26)21-9-16-8-17(10-21)12-22(27,11-16)13-21/h2-5,14,16-17,27H,6-13H2,1H3,(H,24,25)/t14-,16-,17+,21?,22?/m1/s1. The van der Waals surface area contributed by atoms with Gasteiger partial charge in [0.15, 0.2) is 6.10 Å². The van der Waals surface area contributed by atoms with Crippen molar-refractivity contribution in [3.05, 3.63) is 35.6 Å². The monoisotopic (exact) mass is 389 g/mol. The Balaban J connectivity index is 1.29. The Morgan fingerprint density at radius 2 is 1.86 bits per heavy atom. The van der Waals surface area contributed by atoms with E-state index in [-0.39, 0.29) is 17.7 Å². The summed E-state index contributed by atoms with van der Waals surface area (Å²) in [7, 11) is 0. The van der Waals surface area contributed by atoms with Gasteiger partial charge < -0.3 is 15.2 Å². The van der Waals surface area contributed by atoms with Crippen LogP contribution in [-0.4, -0.2) is 35.2 Å². The Bertz CT molecular complexity index is 748. The molecule has 0 radical (unpaired) electrons. The molecule has 0 aromatic heterocycles. The van der Waals surface area contributed by atoms with Gasteiger partial charge in [-0.3, -0.25) is 9.59 Å².